The van der Waals surface area contributed by atoms with Gasteiger partial charge in [0.05, 0.1) is 7.11 Å². The number of fused-ring (bicyclic) bond motifs is 1. The Balaban J connectivity index is 1.65. The van der Waals surface area contributed by atoms with E-state index in [0.29, 0.717) is 29.9 Å². The second-order valence-corrected chi connectivity index (χ2v) is 9.53. The molecule has 168 valence electrons. The number of carbonyl (C=O) groups excluding carboxylic acids is 1. The maximum Gasteiger partial charge on any atom is 0.242 e. The fourth-order valence-electron chi connectivity index (χ4n) is 3.84. The molecule has 1 aromatic carbocycles. The first-order valence-electron chi connectivity index (χ1n) is 10.0. The maximum atomic E-state index is 13.9. The van der Waals surface area contributed by atoms with Crippen LogP contribution in [-0.4, -0.2) is 54.6 Å². The number of aromatic amines is 1. The molecule has 1 amide bonds. The minimum atomic E-state index is -3.94. The van der Waals surface area contributed by atoms with Crippen LogP contribution in [0.25, 0.3) is 27.7 Å². The van der Waals surface area contributed by atoms with Crippen LogP contribution in [-0.2, 0) is 14.8 Å². The molecule has 1 aliphatic heterocycles. The minimum absolute atomic E-state index is 0.279. The lowest BCUT2D eigenvalue weighted by Gasteiger charge is -2.28. The van der Waals surface area contributed by atoms with Gasteiger partial charge in [-0.3, -0.25) is 4.79 Å². The lowest BCUT2D eigenvalue weighted by Crippen LogP contribution is -2.45. The van der Waals surface area contributed by atoms with Crippen LogP contribution >= 0.6 is 0 Å². The fourth-order valence-corrected chi connectivity index (χ4v) is 4.27. The average Bonchev–Trinajstić information content (AvgIpc) is 3.22. The van der Waals surface area contributed by atoms with Crippen LogP contribution in [0, 0.1) is 5.82 Å². The summed E-state index contributed by atoms with van der Waals surface area (Å²) >= 11 is 0. The second kappa shape index (κ2) is 8.36. The van der Waals surface area contributed by atoms with E-state index in [1.165, 1.54) is 31.1 Å². The number of hydrogen-bond acceptors (Lipinski definition) is 5. The number of methoxy groups -OCH3 is 1. The van der Waals surface area contributed by atoms with E-state index in [2.05, 4.69) is 9.97 Å². The van der Waals surface area contributed by atoms with Crippen LogP contribution in [0.5, 0.6) is 5.75 Å². The first-order valence-corrected chi connectivity index (χ1v) is 11.6. The summed E-state index contributed by atoms with van der Waals surface area (Å²) in [6, 6.07) is 8.11. The zero-order chi connectivity index (χ0) is 23.0. The number of primary sulfonamides is 1. The first-order chi connectivity index (χ1) is 15.2. The Morgan fingerprint density at radius 3 is 2.72 bits per heavy atom. The standard InChI is InChI=1S/C22H23FN4O4S/c1-13(32(24,29)30)22(28)27-9-6-14(7-10-27)19-12-18-16(5-8-25-21(18)26-19)17-11-15(23)3-4-20(17)31-2/h3-6,8,11-13H,7,9-10H2,1-2H3,(H,25,26)(H2,24,29,30). The number of ether oxygens (including phenoxy) is 1. The molecule has 1 atom stereocenters. The van der Waals surface area contributed by atoms with E-state index in [0.717, 1.165) is 22.2 Å². The Hall–Kier alpha value is -3.24. The monoisotopic (exact) mass is 458 g/mol. The summed E-state index contributed by atoms with van der Waals surface area (Å²) in [7, 11) is -2.40. The van der Waals surface area contributed by atoms with Gasteiger partial charge in [0.25, 0.3) is 0 Å². The lowest BCUT2D eigenvalue weighted by atomic mass is 10.0. The lowest BCUT2D eigenvalue weighted by molar-refractivity contribution is -0.130. The van der Waals surface area contributed by atoms with E-state index >= 15 is 0 Å². The number of hydrogen-bond donors (Lipinski definition) is 2. The Bertz CT molecular complexity index is 1330. The summed E-state index contributed by atoms with van der Waals surface area (Å²) in [5, 5.41) is 4.64. The number of sulfonamides is 1. The molecule has 2 aromatic heterocycles. The molecule has 0 aliphatic carbocycles. The van der Waals surface area contributed by atoms with Crippen LogP contribution in [0.1, 0.15) is 19.0 Å². The predicted octanol–water partition coefficient (Wildman–Crippen LogP) is 2.67. The van der Waals surface area contributed by atoms with Crippen molar-refractivity contribution in [2.75, 3.05) is 20.2 Å². The Kier molecular flexibility index (Phi) is 5.74. The van der Waals surface area contributed by atoms with E-state index in [-0.39, 0.29) is 12.4 Å². The van der Waals surface area contributed by atoms with E-state index in [1.807, 2.05) is 18.2 Å². The molecule has 10 heteroatoms. The van der Waals surface area contributed by atoms with Crippen LogP contribution < -0.4 is 9.88 Å². The van der Waals surface area contributed by atoms with Crippen molar-refractivity contribution in [2.45, 2.75) is 18.6 Å². The molecule has 1 unspecified atom stereocenters. The summed E-state index contributed by atoms with van der Waals surface area (Å²) < 4.78 is 42.3. The zero-order valence-corrected chi connectivity index (χ0v) is 18.4. The Morgan fingerprint density at radius 2 is 2.06 bits per heavy atom. The number of nitrogens with zero attached hydrogens (tertiary/aromatic N) is 2. The Labute approximate surface area is 184 Å². The van der Waals surface area contributed by atoms with Crippen molar-refractivity contribution in [3.63, 3.8) is 0 Å². The first kappa shape index (κ1) is 22.0. The third-order valence-corrected chi connectivity index (χ3v) is 6.88. The second-order valence-electron chi connectivity index (χ2n) is 7.64. The number of nitrogens with two attached hydrogens (primary N) is 1. The molecule has 32 heavy (non-hydrogen) atoms. The van der Waals surface area contributed by atoms with Crippen molar-refractivity contribution in [1.29, 1.82) is 0 Å². The number of nitrogens with one attached hydrogen (secondary N) is 1. The van der Waals surface area contributed by atoms with Gasteiger partial charge in [0.1, 0.15) is 17.2 Å². The van der Waals surface area contributed by atoms with Gasteiger partial charge in [-0.05, 0) is 54.8 Å². The van der Waals surface area contributed by atoms with Crippen molar-refractivity contribution in [3.05, 3.63) is 54.1 Å². The van der Waals surface area contributed by atoms with E-state index < -0.39 is 21.2 Å². The largest absolute Gasteiger partial charge is 0.496 e. The molecule has 0 bridgehead atoms. The number of pyridine rings is 1. The highest BCUT2D eigenvalue weighted by Gasteiger charge is 2.30. The third kappa shape index (κ3) is 4.11. The number of H-pyrrole nitrogens is 1. The molecular weight excluding hydrogens is 435 g/mol. The van der Waals surface area contributed by atoms with Gasteiger partial charge in [-0.25, -0.2) is 22.9 Å². The van der Waals surface area contributed by atoms with Gasteiger partial charge in [0.15, 0.2) is 5.25 Å². The highest BCUT2D eigenvalue weighted by molar-refractivity contribution is 7.90. The number of rotatable bonds is 5. The van der Waals surface area contributed by atoms with Crippen molar-refractivity contribution in [1.82, 2.24) is 14.9 Å². The molecule has 0 saturated heterocycles. The van der Waals surface area contributed by atoms with Crippen LogP contribution in [0.4, 0.5) is 4.39 Å². The molecule has 0 spiro atoms. The van der Waals surface area contributed by atoms with E-state index in [9.17, 15) is 17.6 Å². The van der Waals surface area contributed by atoms with E-state index in [4.69, 9.17) is 9.88 Å². The molecule has 4 rings (SSSR count). The number of amides is 1. The normalized spacial score (nSPS) is 15.5. The summed E-state index contributed by atoms with van der Waals surface area (Å²) in [4.78, 5) is 21.5. The Morgan fingerprint density at radius 1 is 1.28 bits per heavy atom. The topological polar surface area (TPSA) is 118 Å². The smallest absolute Gasteiger partial charge is 0.242 e. The van der Waals surface area contributed by atoms with Gasteiger partial charge in [-0.2, -0.15) is 0 Å². The summed E-state index contributed by atoms with van der Waals surface area (Å²) in [6.07, 6.45) is 4.06. The van der Waals surface area contributed by atoms with Crippen LogP contribution in [0.3, 0.4) is 0 Å². The quantitative estimate of drug-likeness (QED) is 0.609. The zero-order valence-electron chi connectivity index (χ0n) is 17.6. The molecule has 0 fully saturated rings. The van der Waals surface area contributed by atoms with E-state index in [1.54, 1.807) is 12.3 Å². The molecular formula is C22H23FN4O4S. The number of halogens is 1. The third-order valence-electron chi connectivity index (χ3n) is 5.69. The summed E-state index contributed by atoms with van der Waals surface area (Å²) in [5.74, 6) is -0.326. The predicted molar refractivity (Wildman–Crippen MR) is 120 cm³/mol. The van der Waals surface area contributed by atoms with Crippen molar-refractivity contribution in [3.8, 4) is 16.9 Å². The molecule has 3 heterocycles. The fraction of sp³-hybridized carbons (Fsp3) is 0.273. The van der Waals surface area contributed by atoms with Gasteiger partial charge in [0.2, 0.25) is 15.9 Å². The van der Waals surface area contributed by atoms with Gasteiger partial charge in [-0.15, -0.1) is 0 Å². The molecule has 1 aliphatic rings. The van der Waals surface area contributed by atoms with Gasteiger partial charge >= 0.3 is 0 Å². The van der Waals surface area contributed by atoms with Crippen molar-refractivity contribution >= 4 is 32.5 Å². The van der Waals surface area contributed by atoms with Gasteiger partial charge < -0.3 is 14.6 Å². The maximum absolute atomic E-state index is 13.9. The van der Waals surface area contributed by atoms with Crippen LogP contribution in [0.15, 0.2) is 42.6 Å². The van der Waals surface area contributed by atoms with Gasteiger partial charge in [0, 0.05) is 35.9 Å². The molecule has 3 aromatic rings. The molecule has 0 saturated carbocycles. The SMILES string of the molecule is COc1ccc(F)cc1-c1ccnc2[nH]c(C3=CCN(C(=O)C(C)S(N)(=O)=O)CC3)cc12. The van der Waals surface area contributed by atoms with Crippen LogP contribution in [0.2, 0.25) is 0 Å². The minimum Gasteiger partial charge on any atom is -0.496 e. The average molecular weight is 459 g/mol. The van der Waals surface area contributed by atoms with Crippen molar-refractivity contribution < 1.29 is 22.3 Å². The number of benzene rings is 1. The summed E-state index contributed by atoms with van der Waals surface area (Å²) in [6.45, 7) is 1.95. The highest BCUT2D eigenvalue weighted by Crippen LogP contribution is 2.36. The molecule has 0 radical (unpaired) electrons. The number of aromatic nitrogens is 2. The number of carbonyl (C=O) groups is 1. The molecule has 8 nitrogen and oxygen atoms in total. The van der Waals surface area contributed by atoms with Gasteiger partial charge in [-0.1, -0.05) is 6.08 Å². The summed E-state index contributed by atoms with van der Waals surface area (Å²) in [5.41, 5.74) is 3.86. The highest BCUT2D eigenvalue weighted by atomic mass is 32.2. The van der Waals surface area contributed by atoms with Crippen molar-refractivity contribution in [2.24, 2.45) is 5.14 Å². The molecule has 3 N–H and O–H groups in total.